The van der Waals surface area contributed by atoms with E-state index in [1.807, 2.05) is 42.5 Å². The smallest absolute Gasteiger partial charge is 0.337 e. The van der Waals surface area contributed by atoms with Crippen LogP contribution in [-0.4, -0.2) is 26.1 Å². The minimum Gasteiger partial charge on any atom is -0.497 e. The molecule has 0 bridgehead atoms. The second kappa shape index (κ2) is 9.41. The monoisotopic (exact) mass is 390 g/mol. The van der Waals surface area contributed by atoms with Gasteiger partial charge in [-0.3, -0.25) is 4.79 Å². The summed E-state index contributed by atoms with van der Waals surface area (Å²) in [5, 5.41) is 6.15. The van der Waals surface area contributed by atoms with E-state index in [-0.39, 0.29) is 5.91 Å². The molecule has 0 aromatic heterocycles. The molecule has 0 aliphatic carbocycles. The number of esters is 1. The van der Waals surface area contributed by atoms with Crippen molar-refractivity contribution in [3.05, 3.63) is 90.0 Å². The van der Waals surface area contributed by atoms with Crippen LogP contribution in [0.25, 0.3) is 0 Å². The van der Waals surface area contributed by atoms with Gasteiger partial charge in [0.25, 0.3) is 5.91 Å². The van der Waals surface area contributed by atoms with Gasteiger partial charge >= 0.3 is 5.97 Å². The standard InChI is InChI=1S/C23H22N2O4/c1-28-20-10-6-9-19(15-20)25-22(26)21(16-7-4-3-5-8-16)24-18-13-11-17(12-14-18)23(27)29-2/h3-15,21,24H,1-2H3,(H,25,26)/t21-/m1/s1. The van der Waals surface area contributed by atoms with Crippen LogP contribution in [0.4, 0.5) is 11.4 Å². The number of ether oxygens (including phenoxy) is 2. The third-order valence-corrected chi connectivity index (χ3v) is 4.35. The van der Waals surface area contributed by atoms with Crippen molar-refractivity contribution in [3.8, 4) is 5.75 Å². The summed E-state index contributed by atoms with van der Waals surface area (Å²) in [6, 6.07) is 22.7. The highest BCUT2D eigenvalue weighted by atomic mass is 16.5. The number of benzene rings is 3. The average molecular weight is 390 g/mol. The van der Waals surface area contributed by atoms with E-state index in [1.54, 1.807) is 43.5 Å². The molecule has 1 amide bonds. The quantitative estimate of drug-likeness (QED) is 0.589. The van der Waals surface area contributed by atoms with E-state index < -0.39 is 12.0 Å². The van der Waals surface area contributed by atoms with Crippen molar-refractivity contribution in [2.24, 2.45) is 0 Å². The molecule has 3 aromatic rings. The summed E-state index contributed by atoms with van der Waals surface area (Å²) in [4.78, 5) is 24.7. The van der Waals surface area contributed by atoms with Crippen LogP contribution in [0.5, 0.6) is 5.75 Å². The van der Waals surface area contributed by atoms with Crippen molar-refractivity contribution < 1.29 is 19.1 Å². The third-order valence-electron chi connectivity index (χ3n) is 4.35. The zero-order chi connectivity index (χ0) is 20.6. The Bertz CT molecular complexity index is 972. The summed E-state index contributed by atoms with van der Waals surface area (Å²) < 4.78 is 9.93. The van der Waals surface area contributed by atoms with Gasteiger partial charge in [-0.1, -0.05) is 36.4 Å². The van der Waals surface area contributed by atoms with Crippen LogP contribution < -0.4 is 15.4 Å². The van der Waals surface area contributed by atoms with Gasteiger partial charge in [-0.2, -0.15) is 0 Å². The summed E-state index contributed by atoms with van der Waals surface area (Å²) in [6.45, 7) is 0. The largest absolute Gasteiger partial charge is 0.497 e. The highest BCUT2D eigenvalue weighted by Gasteiger charge is 2.21. The molecule has 0 unspecified atom stereocenters. The van der Waals surface area contributed by atoms with Gasteiger partial charge in [-0.25, -0.2) is 4.79 Å². The highest BCUT2D eigenvalue weighted by Crippen LogP contribution is 2.23. The average Bonchev–Trinajstić information content (AvgIpc) is 2.78. The first-order chi connectivity index (χ1) is 14.1. The Morgan fingerprint density at radius 3 is 2.21 bits per heavy atom. The number of amides is 1. The van der Waals surface area contributed by atoms with Crippen LogP contribution in [0.3, 0.4) is 0 Å². The molecule has 0 aliphatic heterocycles. The number of hydrogen-bond acceptors (Lipinski definition) is 5. The lowest BCUT2D eigenvalue weighted by molar-refractivity contribution is -0.117. The van der Waals surface area contributed by atoms with Gasteiger partial charge in [0, 0.05) is 17.4 Å². The van der Waals surface area contributed by atoms with Crippen LogP contribution in [0, 0.1) is 0 Å². The predicted molar refractivity (Wildman–Crippen MR) is 112 cm³/mol. The minimum atomic E-state index is -0.633. The van der Waals surface area contributed by atoms with Crippen LogP contribution >= 0.6 is 0 Å². The van der Waals surface area contributed by atoms with Gasteiger partial charge in [0.2, 0.25) is 0 Å². The Hall–Kier alpha value is -3.80. The number of anilines is 2. The summed E-state index contributed by atoms with van der Waals surface area (Å²) in [5.74, 6) is 0.0267. The molecule has 0 saturated carbocycles. The number of nitrogens with one attached hydrogen (secondary N) is 2. The maximum Gasteiger partial charge on any atom is 0.337 e. The highest BCUT2D eigenvalue weighted by molar-refractivity contribution is 5.97. The summed E-state index contributed by atoms with van der Waals surface area (Å²) >= 11 is 0. The van der Waals surface area contributed by atoms with Crippen molar-refractivity contribution >= 4 is 23.3 Å². The van der Waals surface area contributed by atoms with Crippen molar-refractivity contribution in [3.63, 3.8) is 0 Å². The van der Waals surface area contributed by atoms with Gasteiger partial charge in [-0.15, -0.1) is 0 Å². The molecule has 2 N–H and O–H groups in total. The predicted octanol–water partition coefficient (Wildman–Crippen LogP) is 4.27. The van der Waals surface area contributed by atoms with Crippen LogP contribution in [0.1, 0.15) is 22.0 Å². The molecule has 6 nitrogen and oxygen atoms in total. The zero-order valence-corrected chi connectivity index (χ0v) is 16.2. The number of hydrogen-bond donors (Lipinski definition) is 2. The van der Waals surface area contributed by atoms with Gasteiger partial charge in [-0.05, 0) is 42.0 Å². The molecule has 0 saturated heterocycles. The molecule has 0 heterocycles. The fraction of sp³-hybridized carbons (Fsp3) is 0.130. The van der Waals surface area contributed by atoms with Crippen molar-refractivity contribution in [2.45, 2.75) is 6.04 Å². The Kier molecular flexibility index (Phi) is 6.47. The minimum absolute atomic E-state index is 0.221. The van der Waals surface area contributed by atoms with E-state index in [2.05, 4.69) is 10.6 Å². The Labute approximate surface area is 169 Å². The van der Waals surface area contributed by atoms with Crippen molar-refractivity contribution in [2.75, 3.05) is 24.9 Å². The first-order valence-electron chi connectivity index (χ1n) is 9.05. The number of carbonyl (C=O) groups is 2. The van der Waals surface area contributed by atoms with Gasteiger partial charge in [0.15, 0.2) is 0 Å². The summed E-state index contributed by atoms with van der Waals surface area (Å²) in [7, 11) is 2.91. The first kappa shape index (κ1) is 19.9. The second-order valence-electron chi connectivity index (χ2n) is 6.28. The van der Waals surface area contributed by atoms with Crippen LogP contribution in [0.2, 0.25) is 0 Å². The second-order valence-corrected chi connectivity index (χ2v) is 6.28. The Morgan fingerprint density at radius 2 is 1.55 bits per heavy atom. The molecule has 0 aliphatic rings. The molecule has 3 aromatic carbocycles. The Balaban J connectivity index is 1.83. The summed E-state index contributed by atoms with van der Waals surface area (Å²) in [6.07, 6.45) is 0. The molecule has 0 spiro atoms. The van der Waals surface area contributed by atoms with Crippen LogP contribution in [-0.2, 0) is 9.53 Å². The van der Waals surface area contributed by atoms with Gasteiger partial charge < -0.3 is 20.1 Å². The van der Waals surface area contributed by atoms with E-state index in [0.717, 1.165) is 5.56 Å². The van der Waals surface area contributed by atoms with E-state index >= 15 is 0 Å². The molecular weight excluding hydrogens is 368 g/mol. The molecule has 0 radical (unpaired) electrons. The van der Waals surface area contributed by atoms with E-state index in [1.165, 1.54) is 7.11 Å². The molecular formula is C23H22N2O4. The lowest BCUT2D eigenvalue weighted by atomic mass is 10.1. The normalized spacial score (nSPS) is 11.2. The van der Waals surface area contributed by atoms with E-state index in [0.29, 0.717) is 22.7 Å². The topological polar surface area (TPSA) is 76.7 Å². The molecule has 6 heteroatoms. The molecule has 1 atom stereocenters. The van der Waals surface area contributed by atoms with E-state index in [9.17, 15) is 9.59 Å². The van der Waals surface area contributed by atoms with Gasteiger partial charge in [0.05, 0.1) is 19.8 Å². The van der Waals surface area contributed by atoms with E-state index in [4.69, 9.17) is 9.47 Å². The number of carbonyl (C=O) groups excluding carboxylic acids is 2. The zero-order valence-electron chi connectivity index (χ0n) is 16.2. The van der Waals surface area contributed by atoms with Crippen molar-refractivity contribution in [1.29, 1.82) is 0 Å². The maximum atomic E-state index is 13.1. The fourth-order valence-corrected chi connectivity index (χ4v) is 2.85. The number of rotatable bonds is 7. The third kappa shape index (κ3) is 5.13. The molecule has 3 rings (SSSR count). The lowest BCUT2D eigenvalue weighted by Crippen LogP contribution is -2.27. The molecule has 29 heavy (non-hydrogen) atoms. The van der Waals surface area contributed by atoms with Gasteiger partial charge in [0.1, 0.15) is 11.8 Å². The molecule has 148 valence electrons. The SMILES string of the molecule is COC(=O)c1ccc(N[C@@H](C(=O)Nc2cccc(OC)c2)c2ccccc2)cc1. The first-order valence-corrected chi connectivity index (χ1v) is 9.05. The Morgan fingerprint density at radius 1 is 0.828 bits per heavy atom. The van der Waals surface area contributed by atoms with Crippen LogP contribution in [0.15, 0.2) is 78.9 Å². The number of methoxy groups -OCH3 is 2. The summed E-state index contributed by atoms with van der Waals surface area (Å²) in [5.41, 5.74) is 2.59. The molecule has 0 fully saturated rings. The lowest BCUT2D eigenvalue weighted by Gasteiger charge is -2.20. The fourth-order valence-electron chi connectivity index (χ4n) is 2.85. The maximum absolute atomic E-state index is 13.1. The van der Waals surface area contributed by atoms with Crippen molar-refractivity contribution in [1.82, 2.24) is 0 Å².